The van der Waals surface area contributed by atoms with Crippen molar-refractivity contribution in [3.05, 3.63) is 95.9 Å². The summed E-state index contributed by atoms with van der Waals surface area (Å²) in [5.41, 5.74) is 5.64. The summed E-state index contributed by atoms with van der Waals surface area (Å²) in [6, 6.07) is 23.9. The second kappa shape index (κ2) is 6.57. The average molecular weight is 368 g/mol. The molecular weight excluding hydrogens is 351 g/mol. The first-order valence-corrected chi connectivity index (χ1v) is 9.20. The first-order valence-electron chi connectivity index (χ1n) is 9.20. The molecule has 1 atom stereocenters. The smallest absolute Gasteiger partial charge is 0.147 e. The van der Waals surface area contributed by atoms with Gasteiger partial charge in [0.2, 0.25) is 0 Å². The van der Waals surface area contributed by atoms with Crippen LogP contribution in [0.15, 0.2) is 78.9 Å². The van der Waals surface area contributed by atoms with E-state index in [2.05, 4.69) is 12.1 Å². The molecule has 0 fully saturated rings. The highest BCUT2D eigenvalue weighted by atomic mass is 19.1. The van der Waals surface area contributed by atoms with E-state index < -0.39 is 6.04 Å². The minimum atomic E-state index is -0.465. The second-order valence-corrected chi connectivity index (χ2v) is 6.92. The monoisotopic (exact) mass is 368 g/mol. The van der Waals surface area contributed by atoms with Crippen LogP contribution in [0.5, 0.6) is 0 Å². The quantitative estimate of drug-likeness (QED) is 0.460. The van der Waals surface area contributed by atoms with Gasteiger partial charge in [0.1, 0.15) is 18.1 Å². The maximum absolute atomic E-state index is 13.4. The molecule has 0 bridgehead atoms. The Morgan fingerprint density at radius 1 is 0.929 bits per heavy atom. The third-order valence-corrected chi connectivity index (χ3v) is 5.31. The lowest BCUT2D eigenvalue weighted by Crippen LogP contribution is -2.22. The van der Waals surface area contributed by atoms with E-state index in [0.29, 0.717) is 6.54 Å². The van der Waals surface area contributed by atoms with Crippen LogP contribution in [0.2, 0.25) is 0 Å². The molecule has 0 radical (unpaired) electrons. The van der Waals surface area contributed by atoms with Gasteiger partial charge in [-0.25, -0.2) is 4.39 Å². The maximum Gasteiger partial charge on any atom is 0.147 e. The summed E-state index contributed by atoms with van der Waals surface area (Å²) in [5, 5.41) is 1.03. The zero-order chi connectivity index (χ0) is 19.1. The van der Waals surface area contributed by atoms with Gasteiger partial charge in [-0.15, -0.1) is 0 Å². The highest BCUT2D eigenvalue weighted by Gasteiger charge is 2.35. The molecule has 3 nitrogen and oxygen atoms in total. The molecule has 136 valence electrons. The van der Waals surface area contributed by atoms with Crippen molar-refractivity contribution < 1.29 is 9.18 Å². The van der Waals surface area contributed by atoms with Crippen molar-refractivity contribution in [1.82, 2.24) is 4.98 Å². The summed E-state index contributed by atoms with van der Waals surface area (Å²) in [6.07, 6.45) is 0.956. The molecule has 0 spiro atoms. The number of fused-ring (bicyclic) bond motifs is 2. The molecule has 28 heavy (non-hydrogen) atoms. The van der Waals surface area contributed by atoms with Crippen LogP contribution in [-0.2, 0) is 11.3 Å². The van der Waals surface area contributed by atoms with Gasteiger partial charge in [-0.3, -0.25) is 4.98 Å². The van der Waals surface area contributed by atoms with Crippen molar-refractivity contribution in [2.45, 2.75) is 12.6 Å². The van der Waals surface area contributed by atoms with Crippen molar-refractivity contribution >= 4 is 22.9 Å². The van der Waals surface area contributed by atoms with Crippen LogP contribution in [0.3, 0.4) is 0 Å². The Morgan fingerprint density at radius 2 is 1.64 bits per heavy atom. The highest BCUT2D eigenvalue weighted by Crippen LogP contribution is 2.44. The molecule has 1 aliphatic heterocycles. The molecule has 4 heteroatoms. The first kappa shape index (κ1) is 16.6. The molecular formula is C24H17FN2O. The number of benzene rings is 3. The number of hydrogen-bond donors (Lipinski definition) is 0. The highest BCUT2D eigenvalue weighted by molar-refractivity contribution is 5.99. The normalized spacial score (nSPS) is 15.6. The standard InChI is InChI=1S/C24H17FN2O/c25-17-10-12-18(13-11-17)27-14-21-24(22(27)15-28)23(16-6-2-1-3-7-16)19-8-4-5-9-20(19)26-21/h1-13,15,22H,14H2. The number of nitrogens with zero attached hydrogens (tertiary/aromatic N) is 2. The van der Waals surface area contributed by atoms with E-state index in [1.54, 1.807) is 12.1 Å². The van der Waals surface area contributed by atoms with Gasteiger partial charge in [0, 0.05) is 16.6 Å². The average Bonchev–Trinajstić information content (AvgIpc) is 3.11. The van der Waals surface area contributed by atoms with Crippen LogP contribution < -0.4 is 4.90 Å². The molecule has 1 unspecified atom stereocenters. The van der Waals surface area contributed by atoms with Gasteiger partial charge in [0.25, 0.3) is 0 Å². The summed E-state index contributed by atoms with van der Waals surface area (Å²) in [4.78, 5) is 19.0. The second-order valence-electron chi connectivity index (χ2n) is 6.92. The van der Waals surface area contributed by atoms with Crippen LogP contribution >= 0.6 is 0 Å². The van der Waals surface area contributed by atoms with Crippen molar-refractivity contribution in [2.75, 3.05) is 4.90 Å². The lowest BCUT2D eigenvalue weighted by molar-refractivity contribution is -0.108. The van der Waals surface area contributed by atoms with Crippen LogP contribution in [0.25, 0.3) is 22.0 Å². The maximum atomic E-state index is 13.4. The van der Waals surface area contributed by atoms with Gasteiger partial charge in [-0.2, -0.15) is 0 Å². The number of halogens is 1. The Hall–Kier alpha value is -3.53. The van der Waals surface area contributed by atoms with E-state index in [1.165, 1.54) is 12.1 Å². The molecule has 0 amide bonds. The van der Waals surface area contributed by atoms with Crippen molar-refractivity contribution in [2.24, 2.45) is 0 Å². The number of para-hydroxylation sites is 1. The number of carbonyl (C=O) groups is 1. The fourth-order valence-electron chi connectivity index (χ4n) is 4.07. The zero-order valence-corrected chi connectivity index (χ0v) is 15.0. The molecule has 0 saturated heterocycles. The molecule has 3 aromatic carbocycles. The Kier molecular flexibility index (Phi) is 3.90. The molecule has 4 aromatic rings. The minimum absolute atomic E-state index is 0.294. The predicted molar refractivity (Wildman–Crippen MR) is 109 cm³/mol. The number of hydrogen-bond acceptors (Lipinski definition) is 3. The summed E-state index contributed by atoms with van der Waals surface area (Å²) < 4.78 is 13.4. The summed E-state index contributed by atoms with van der Waals surface area (Å²) in [6.45, 7) is 0.509. The Labute approximate surface area is 162 Å². The largest absolute Gasteiger partial charge is 0.352 e. The van der Waals surface area contributed by atoms with E-state index in [0.717, 1.165) is 45.3 Å². The fraction of sp³-hybridized carbons (Fsp3) is 0.0833. The van der Waals surface area contributed by atoms with Gasteiger partial charge in [-0.05, 0) is 41.5 Å². The molecule has 0 N–H and O–H groups in total. The van der Waals surface area contributed by atoms with Crippen LogP contribution in [-0.4, -0.2) is 11.3 Å². The van der Waals surface area contributed by atoms with Crippen LogP contribution in [0.1, 0.15) is 17.3 Å². The molecule has 0 aliphatic carbocycles. The third-order valence-electron chi connectivity index (χ3n) is 5.31. The SMILES string of the molecule is O=CC1c2c(nc3ccccc3c2-c2ccccc2)CN1c1ccc(F)cc1. The summed E-state index contributed by atoms with van der Waals surface area (Å²) in [7, 11) is 0. The molecule has 0 saturated carbocycles. The summed E-state index contributed by atoms with van der Waals surface area (Å²) >= 11 is 0. The van der Waals surface area contributed by atoms with E-state index in [1.807, 2.05) is 47.4 Å². The predicted octanol–water partition coefficient (Wildman–Crippen LogP) is 5.30. The third kappa shape index (κ3) is 2.57. The fourth-order valence-corrected chi connectivity index (χ4v) is 4.07. The van der Waals surface area contributed by atoms with E-state index in [4.69, 9.17) is 4.98 Å². The number of pyridine rings is 1. The van der Waals surface area contributed by atoms with Gasteiger partial charge in [-0.1, -0.05) is 48.5 Å². The van der Waals surface area contributed by atoms with Gasteiger partial charge in [0.05, 0.1) is 17.8 Å². The Balaban J connectivity index is 1.77. The zero-order valence-electron chi connectivity index (χ0n) is 15.0. The first-order chi connectivity index (χ1) is 13.8. The number of carbonyl (C=O) groups excluding carboxylic acids is 1. The topological polar surface area (TPSA) is 33.2 Å². The Bertz CT molecular complexity index is 1170. The number of aldehydes is 1. The van der Waals surface area contributed by atoms with Crippen molar-refractivity contribution in [3.63, 3.8) is 0 Å². The minimum Gasteiger partial charge on any atom is -0.352 e. The lowest BCUT2D eigenvalue weighted by Gasteiger charge is -2.24. The number of aromatic nitrogens is 1. The molecule has 2 heterocycles. The number of anilines is 1. The van der Waals surface area contributed by atoms with Crippen LogP contribution in [0.4, 0.5) is 10.1 Å². The summed E-state index contributed by atoms with van der Waals surface area (Å²) in [5.74, 6) is -0.294. The van der Waals surface area contributed by atoms with Crippen molar-refractivity contribution in [1.29, 1.82) is 0 Å². The lowest BCUT2D eigenvalue weighted by atomic mass is 9.92. The molecule has 5 rings (SSSR count). The van der Waals surface area contributed by atoms with E-state index >= 15 is 0 Å². The van der Waals surface area contributed by atoms with E-state index in [9.17, 15) is 9.18 Å². The molecule has 1 aliphatic rings. The van der Waals surface area contributed by atoms with Gasteiger partial charge < -0.3 is 9.69 Å². The van der Waals surface area contributed by atoms with Crippen molar-refractivity contribution in [3.8, 4) is 11.1 Å². The van der Waals surface area contributed by atoms with Crippen LogP contribution in [0, 0.1) is 5.82 Å². The molecule has 1 aromatic heterocycles. The van der Waals surface area contributed by atoms with E-state index in [-0.39, 0.29) is 5.82 Å². The van der Waals surface area contributed by atoms with Gasteiger partial charge in [0.15, 0.2) is 0 Å². The Morgan fingerprint density at radius 3 is 2.39 bits per heavy atom. The van der Waals surface area contributed by atoms with Gasteiger partial charge >= 0.3 is 0 Å². The number of rotatable bonds is 3.